The van der Waals surface area contributed by atoms with Gasteiger partial charge in [-0.2, -0.15) is 0 Å². The molecule has 0 saturated heterocycles. The van der Waals surface area contributed by atoms with Gasteiger partial charge in [0.2, 0.25) is 0 Å². The molecule has 2 rings (SSSR count). The van der Waals surface area contributed by atoms with Crippen LogP contribution in [0.2, 0.25) is 5.02 Å². The zero-order valence-electron chi connectivity index (χ0n) is 12.4. The summed E-state index contributed by atoms with van der Waals surface area (Å²) < 4.78 is 4.72. The maximum absolute atomic E-state index is 11.5. The monoisotopic (exact) mass is 303 g/mol. The molecule has 0 fully saturated rings. The lowest BCUT2D eigenvalue weighted by Crippen LogP contribution is -2.05. The van der Waals surface area contributed by atoms with Crippen LogP contribution in [0.5, 0.6) is 0 Å². The van der Waals surface area contributed by atoms with E-state index in [0.717, 1.165) is 21.8 Å². The van der Waals surface area contributed by atoms with Crippen LogP contribution in [0.25, 0.3) is 0 Å². The van der Waals surface area contributed by atoms with Crippen LogP contribution in [0, 0.1) is 13.8 Å². The van der Waals surface area contributed by atoms with Crippen molar-refractivity contribution >= 4 is 23.3 Å². The number of carbonyl (C=O) groups excluding carboxylic acids is 1. The molecular weight excluding hydrogens is 286 g/mol. The van der Waals surface area contributed by atoms with Gasteiger partial charge in [0.05, 0.1) is 12.7 Å². The van der Waals surface area contributed by atoms with Gasteiger partial charge >= 0.3 is 5.97 Å². The third-order valence-corrected chi connectivity index (χ3v) is 3.66. The van der Waals surface area contributed by atoms with Crippen molar-refractivity contribution in [2.24, 2.45) is 0 Å². The lowest BCUT2D eigenvalue weighted by Gasteiger charge is -2.12. The number of rotatable bonds is 4. The zero-order valence-corrected chi connectivity index (χ0v) is 13.1. The van der Waals surface area contributed by atoms with E-state index < -0.39 is 0 Å². The van der Waals surface area contributed by atoms with Crippen molar-refractivity contribution in [2.75, 3.05) is 12.4 Å². The lowest BCUT2D eigenvalue weighted by molar-refractivity contribution is 0.0600. The number of nitrogens with one attached hydrogen (secondary N) is 1. The van der Waals surface area contributed by atoms with Crippen LogP contribution in [0.4, 0.5) is 5.69 Å². The largest absolute Gasteiger partial charge is 0.465 e. The van der Waals surface area contributed by atoms with Crippen LogP contribution < -0.4 is 5.32 Å². The Hall–Kier alpha value is -2.00. The third-order valence-electron chi connectivity index (χ3n) is 3.42. The molecular formula is C17H18ClNO2. The lowest BCUT2D eigenvalue weighted by atomic mass is 10.1. The molecule has 0 bridgehead atoms. The van der Waals surface area contributed by atoms with Crippen molar-refractivity contribution in [3.63, 3.8) is 0 Å². The summed E-state index contributed by atoms with van der Waals surface area (Å²) in [5.41, 5.74) is 4.90. The van der Waals surface area contributed by atoms with Gasteiger partial charge in [0.1, 0.15) is 0 Å². The van der Waals surface area contributed by atoms with Gasteiger partial charge in [-0.1, -0.05) is 17.7 Å². The molecule has 21 heavy (non-hydrogen) atoms. The fourth-order valence-electron chi connectivity index (χ4n) is 2.15. The molecule has 0 aromatic heterocycles. The Kier molecular flexibility index (Phi) is 4.86. The van der Waals surface area contributed by atoms with Crippen molar-refractivity contribution in [2.45, 2.75) is 20.4 Å². The Balaban J connectivity index is 2.11. The van der Waals surface area contributed by atoms with Gasteiger partial charge in [-0.15, -0.1) is 0 Å². The van der Waals surface area contributed by atoms with Crippen molar-refractivity contribution in [3.8, 4) is 0 Å². The molecule has 0 saturated carbocycles. The zero-order chi connectivity index (χ0) is 15.4. The van der Waals surface area contributed by atoms with E-state index in [1.54, 1.807) is 6.07 Å². The van der Waals surface area contributed by atoms with Crippen molar-refractivity contribution < 1.29 is 9.53 Å². The normalized spacial score (nSPS) is 10.3. The van der Waals surface area contributed by atoms with Crippen molar-refractivity contribution in [3.05, 3.63) is 63.7 Å². The Labute approximate surface area is 129 Å². The molecule has 0 atom stereocenters. The molecule has 4 heteroatoms. The highest BCUT2D eigenvalue weighted by atomic mass is 35.5. The van der Waals surface area contributed by atoms with Crippen molar-refractivity contribution in [1.82, 2.24) is 0 Å². The summed E-state index contributed by atoms with van der Waals surface area (Å²) >= 11 is 5.96. The molecule has 0 aliphatic rings. The smallest absolute Gasteiger partial charge is 0.337 e. The Morgan fingerprint density at radius 2 is 1.90 bits per heavy atom. The summed E-state index contributed by atoms with van der Waals surface area (Å²) in [5.74, 6) is -0.321. The van der Waals surface area contributed by atoms with E-state index in [2.05, 4.69) is 5.32 Å². The summed E-state index contributed by atoms with van der Waals surface area (Å²) in [6, 6.07) is 11.3. The average Bonchev–Trinajstić information content (AvgIpc) is 2.46. The van der Waals surface area contributed by atoms with Gasteiger partial charge in [-0.05, 0) is 60.9 Å². The summed E-state index contributed by atoms with van der Waals surface area (Å²) in [4.78, 5) is 11.5. The fourth-order valence-corrected chi connectivity index (χ4v) is 2.38. The number of ether oxygens (including phenoxy) is 1. The molecule has 3 nitrogen and oxygen atoms in total. The van der Waals surface area contributed by atoms with E-state index in [1.807, 2.05) is 44.2 Å². The number of benzene rings is 2. The molecule has 0 radical (unpaired) electrons. The molecule has 0 amide bonds. The van der Waals surface area contributed by atoms with Crippen LogP contribution in [0.15, 0.2) is 36.4 Å². The Bertz CT molecular complexity index is 668. The molecule has 1 N–H and O–H groups in total. The van der Waals surface area contributed by atoms with E-state index in [1.165, 1.54) is 12.7 Å². The van der Waals surface area contributed by atoms with E-state index in [0.29, 0.717) is 12.1 Å². The summed E-state index contributed by atoms with van der Waals surface area (Å²) in [7, 11) is 1.38. The minimum Gasteiger partial charge on any atom is -0.465 e. The number of hydrogen-bond acceptors (Lipinski definition) is 3. The van der Waals surface area contributed by atoms with Crippen molar-refractivity contribution in [1.29, 1.82) is 0 Å². The topological polar surface area (TPSA) is 38.3 Å². The first-order valence-electron chi connectivity index (χ1n) is 6.69. The first kappa shape index (κ1) is 15.4. The second-order valence-corrected chi connectivity index (χ2v) is 5.38. The maximum atomic E-state index is 11.5. The highest BCUT2D eigenvalue weighted by Crippen LogP contribution is 2.20. The average molecular weight is 304 g/mol. The summed E-state index contributed by atoms with van der Waals surface area (Å²) in [5, 5.41) is 4.12. The Morgan fingerprint density at radius 3 is 2.52 bits per heavy atom. The number of carbonyl (C=O) groups is 1. The predicted molar refractivity (Wildman–Crippen MR) is 86.0 cm³/mol. The molecule has 2 aromatic rings. The van der Waals surface area contributed by atoms with Crippen LogP contribution >= 0.6 is 11.6 Å². The van der Waals surface area contributed by atoms with Gasteiger partial charge in [0.15, 0.2) is 0 Å². The van der Waals surface area contributed by atoms with Crippen LogP contribution in [-0.4, -0.2) is 13.1 Å². The maximum Gasteiger partial charge on any atom is 0.337 e. The summed E-state index contributed by atoms with van der Waals surface area (Å²) in [6.07, 6.45) is 0. The minimum absolute atomic E-state index is 0.321. The first-order chi connectivity index (χ1) is 10.0. The predicted octanol–water partition coefficient (Wildman–Crippen LogP) is 4.36. The molecule has 0 aliphatic carbocycles. The quantitative estimate of drug-likeness (QED) is 0.853. The van der Waals surface area contributed by atoms with E-state index in [-0.39, 0.29) is 5.97 Å². The SMILES string of the molecule is COC(=O)c1ccc(NCc2ccc(Cl)cc2C)c(C)c1. The highest BCUT2D eigenvalue weighted by Gasteiger charge is 2.07. The fraction of sp³-hybridized carbons (Fsp3) is 0.235. The van der Waals surface area contributed by atoms with Gasteiger partial charge in [0.25, 0.3) is 0 Å². The second kappa shape index (κ2) is 6.64. The molecule has 2 aromatic carbocycles. The van der Waals surface area contributed by atoms with E-state index in [4.69, 9.17) is 16.3 Å². The number of hydrogen-bond donors (Lipinski definition) is 1. The number of esters is 1. The van der Waals surface area contributed by atoms with E-state index in [9.17, 15) is 4.79 Å². The van der Waals surface area contributed by atoms with Gasteiger partial charge < -0.3 is 10.1 Å². The highest BCUT2D eigenvalue weighted by molar-refractivity contribution is 6.30. The molecule has 0 unspecified atom stereocenters. The molecule has 0 heterocycles. The number of methoxy groups -OCH3 is 1. The van der Waals surface area contributed by atoms with Gasteiger partial charge in [-0.3, -0.25) is 0 Å². The number of halogens is 1. The van der Waals surface area contributed by atoms with Crippen LogP contribution in [0.1, 0.15) is 27.0 Å². The van der Waals surface area contributed by atoms with Crippen LogP contribution in [0.3, 0.4) is 0 Å². The number of aryl methyl sites for hydroxylation is 2. The van der Waals surface area contributed by atoms with E-state index >= 15 is 0 Å². The molecule has 0 aliphatic heterocycles. The standard InChI is InChI=1S/C17H18ClNO2/c1-11-9-15(18)6-4-14(11)10-19-16-7-5-13(8-12(16)2)17(20)21-3/h4-9,19H,10H2,1-3H3. The Morgan fingerprint density at radius 1 is 1.14 bits per heavy atom. The van der Waals surface area contributed by atoms with Crippen LogP contribution in [-0.2, 0) is 11.3 Å². The number of anilines is 1. The van der Waals surface area contributed by atoms with Gasteiger partial charge in [-0.25, -0.2) is 4.79 Å². The third kappa shape index (κ3) is 3.76. The summed E-state index contributed by atoms with van der Waals surface area (Å²) in [6.45, 7) is 4.71. The van der Waals surface area contributed by atoms with Gasteiger partial charge in [0, 0.05) is 17.3 Å². The first-order valence-corrected chi connectivity index (χ1v) is 7.07. The molecule has 110 valence electrons. The molecule has 0 spiro atoms. The second-order valence-electron chi connectivity index (χ2n) is 4.95. The minimum atomic E-state index is -0.321.